The van der Waals surface area contributed by atoms with Gasteiger partial charge in [0.15, 0.2) is 0 Å². The molecular weight excluding hydrogens is 270 g/mol. The molecule has 0 amide bonds. The highest BCUT2D eigenvalue weighted by atomic mass is 16.4. The van der Waals surface area contributed by atoms with Crippen LogP contribution in [0.15, 0.2) is 10.9 Å². The fourth-order valence-electron chi connectivity index (χ4n) is 2.81. The molecule has 0 spiro atoms. The normalized spacial score (nSPS) is 25.5. The van der Waals surface area contributed by atoms with Crippen LogP contribution in [0, 0.1) is 11.3 Å². The molecule has 0 unspecified atom stereocenters. The van der Waals surface area contributed by atoms with Crippen LogP contribution in [0.3, 0.4) is 0 Å². The van der Waals surface area contributed by atoms with Crippen molar-refractivity contribution in [3.05, 3.63) is 22.2 Å². The number of carbonyl (C=O) groups is 1. The number of carboxylic acids is 1. The predicted octanol–water partition coefficient (Wildman–Crippen LogP) is 2.03. The van der Waals surface area contributed by atoms with E-state index in [1.54, 1.807) is 0 Å². The second kappa shape index (κ2) is 6.28. The summed E-state index contributed by atoms with van der Waals surface area (Å²) >= 11 is 0. The van der Waals surface area contributed by atoms with E-state index in [0.29, 0.717) is 43.4 Å². The highest BCUT2D eigenvalue weighted by Gasteiger charge is 2.41. The maximum atomic E-state index is 11.7. The Bertz CT molecular complexity index is 560. The van der Waals surface area contributed by atoms with Crippen LogP contribution < -0.4 is 10.9 Å². The van der Waals surface area contributed by atoms with Gasteiger partial charge in [0.1, 0.15) is 11.6 Å². The second-order valence-corrected chi connectivity index (χ2v) is 6.05. The highest BCUT2D eigenvalue weighted by molar-refractivity contribution is 5.75. The summed E-state index contributed by atoms with van der Waals surface area (Å²) in [6.07, 6.45) is 3.82. The number of nitrogens with one attached hydrogen (secondary N) is 2. The lowest BCUT2D eigenvalue weighted by Crippen LogP contribution is -2.41. The van der Waals surface area contributed by atoms with Crippen molar-refractivity contribution < 1.29 is 9.90 Å². The zero-order chi connectivity index (χ0) is 15.5. The van der Waals surface area contributed by atoms with Crippen LogP contribution in [0.1, 0.15) is 45.4 Å². The van der Waals surface area contributed by atoms with Crippen molar-refractivity contribution in [3.63, 3.8) is 0 Å². The van der Waals surface area contributed by atoms with Gasteiger partial charge in [-0.25, -0.2) is 4.98 Å². The highest BCUT2D eigenvalue weighted by Crippen LogP contribution is 2.39. The summed E-state index contributed by atoms with van der Waals surface area (Å²) in [5, 5.41) is 12.6. The molecule has 1 heterocycles. The minimum absolute atomic E-state index is 0.217. The van der Waals surface area contributed by atoms with Crippen LogP contribution in [0.5, 0.6) is 0 Å². The number of aromatic nitrogens is 2. The Hall–Kier alpha value is -1.85. The number of H-pyrrole nitrogens is 1. The van der Waals surface area contributed by atoms with E-state index in [1.165, 1.54) is 6.07 Å². The lowest BCUT2D eigenvalue weighted by Gasteiger charge is -2.35. The fourth-order valence-corrected chi connectivity index (χ4v) is 2.81. The first-order valence-corrected chi connectivity index (χ1v) is 7.53. The second-order valence-electron chi connectivity index (χ2n) is 6.05. The standard InChI is InChI=1S/C15H23N3O3/c1-3-11-17-12(8-13(19)18-11)16-9-15(14(20)21)6-4-10(2)5-7-15/h8,10H,3-7,9H2,1-2H3,(H,20,21)(H2,16,17,18,19). The molecule has 0 saturated heterocycles. The van der Waals surface area contributed by atoms with Crippen LogP contribution in [0.2, 0.25) is 0 Å². The Morgan fingerprint density at radius 3 is 2.76 bits per heavy atom. The van der Waals surface area contributed by atoms with Crippen molar-refractivity contribution in [1.29, 1.82) is 0 Å². The van der Waals surface area contributed by atoms with E-state index in [4.69, 9.17) is 0 Å². The first kappa shape index (κ1) is 15.5. The number of hydrogen-bond acceptors (Lipinski definition) is 4. The summed E-state index contributed by atoms with van der Waals surface area (Å²) in [7, 11) is 0. The lowest BCUT2D eigenvalue weighted by molar-refractivity contribution is -0.150. The summed E-state index contributed by atoms with van der Waals surface area (Å²) in [6, 6.07) is 1.38. The van der Waals surface area contributed by atoms with Gasteiger partial charge in [-0.05, 0) is 31.6 Å². The number of rotatable bonds is 5. The summed E-state index contributed by atoms with van der Waals surface area (Å²) in [5.74, 6) is 0.880. The maximum absolute atomic E-state index is 11.7. The summed E-state index contributed by atoms with van der Waals surface area (Å²) in [5.41, 5.74) is -0.964. The third-order valence-corrected chi connectivity index (χ3v) is 4.42. The van der Waals surface area contributed by atoms with Gasteiger partial charge in [0.2, 0.25) is 0 Å². The van der Waals surface area contributed by atoms with Crippen LogP contribution in [-0.4, -0.2) is 27.6 Å². The molecule has 2 rings (SSSR count). The van der Waals surface area contributed by atoms with Crippen LogP contribution in [0.4, 0.5) is 5.82 Å². The van der Waals surface area contributed by atoms with Crippen molar-refractivity contribution >= 4 is 11.8 Å². The molecular formula is C15H23N3O3. The van der Waals surface area contributed by atoms with Gasteiger partial charge in [0.25, 0.3) is 5.56 Å². The van der Waals surface area contributed by atoms with E-state index in [1.807, 2.05) is 6.92 Å². The van der Waals surface area contributed by atoms with E-state index in [0.717, 1.165) is 12.8 Å². The van der Waals surface area contributed by atoms with E-state index in [2.05, 4.69) is 22.2 Å². The molecule has 0 radical (unpaired) electrons. The zero-order valence-electron chi connectivity index (χ0n) is 12.6. The van der Waals surface area contributed by atoms with Crippen molar-refractivity contribution in [2.24, 2.45) is 11.3 Å². The SMILES string of the molecule is CCc1nc(NCC2(C(=O)O)CCC(C)CC2)cc(=O)[nH]1. The largest absolute Gasteiger partial charge is 0.481 e. The molecule has 116 valence electrons. The van der Waals surface area contributed by atoms with Gasteiger partial charge in [-0.2, -0.15) is 0 Å². The predicted molar refractivity (Wildman–Crippen MR) is 80.4 cm³/mol. The van der Waals surface area contributed by atoms with Crippen molar-refractivity contribution in [2.45, 2.75) is 46.0 Å². The molecule has 6 nitrogen and oxygen atoms in total. The number of aliphatic carboxylic acids is 1. The Balaban J connectivity index is 2.11. The average molecular weight is 293 g/mol. The molecule has 1 aromatic rings. The molecule has 0 bridgehead atoms. The Kier molecular flexibility index (Phi) is 4.65. The fraction of sp³-hybridized carbons (Fsp3) is 0.667. The Morgan fingerprint density at radius 2 is 2.19 bits per heavy atom. The molecule has 1 aromatic heterocycles. The van der Waals surface area contributed by atoms with Gasteiger partial charge in [0.05, 0.1) is 5.41 Å². The number of anilines is 1. The van der Waals surface area contributed by atoms with E-state index >= 15 is 0 Å². The smallest absolute Gasteiger partial charge is 0.311 e. The van der Waals surface area contributed by atoms with E-state index in [-0.39, 0.29) is 5.56 Å². The van der Waals surface area contributed by atoms with E-state index in [9.17, 15) is 14.7 Å². The lowest BCUT2D eigenvalue weighted by atomic mass is 9.71. The first-order valence-electron chi connectivity index (χ1n) is 7.53. The molecule has 1 aliphatic carbocycles. The molecule has 0 aromatic carbocycles. The van der Waals surface area contributed by atoms with Crippen molar-refractivity contribution in [3.8, 4) is 0 Å². The number of hydrogen-bond donors (Lipinski definition) is 3. The van der Waals surface area contributed by atoms with Crippen LogP contribution >= 0.6 is 0 Å². The number of carboxylic acid groups (broad SMARTS) is 1. The van der Waals surface area contributed by atoms with Gasteiger partial charge in [0, 0.05) is 19.0 Å². The molecule has 21 heavy (non-hydrogen) atoms. The van der Waals surface area contributed by atoms with Gasteiger partial charge in [-0.1, -0.05) is 13.8 Å². The third-order valence-electron chi connectivity index (χ3n) is 4.42. The molecule has 3 N–H and O–H groups in total. The van der Waals surface area contributed by atoms with Gasteiger partial charge >= 0.3 is 5.97 Å². The average Bonchev–Trinajstić information content (AvgIpc) is 2.46. The Morgan fingerprint density at radius 1 is 1.52 bits per heavy atom. The number of aryl methyl sites for hydroxylation is 1. The monoisotopic (exact) mass is 293 g/mol. The first-order chi connectivity index (χ1) is 9.95. The summed E-state index contributed by atoms with van der Waals surface area (Å²) < 4.78 is 0. The van der Waals surface area contributed by atoms with Crippen LogP contribution in [-0.2, 0) is 11.2 Å². The maximum Gasteiger partial charge on any atom is 0.311 e. The number of aromatic amines is 1. The number of nitrogens with zero attached hydrogens (tertiary/aromatic N) is 1. The summed E-state index contributed by atoms with van der Waals surface area (Å²) in [6.45, 7) is 4.38. The van der Waals surface area contributed by atoms with Gasteiger partial charge in [-0.15, -0.1) is 0 Å². The molecule has 1 saturated carbocycles. The summed E-state index contributed by atoms with van der Waals surface area (Å²) in [4.78, 5) is 30.1. The zero-order valence-corrected chi connectivity index (χ0v) is 12.6. The van der Waals surface area contributed by atoms with Gasteiger partial charge in [-0.3, -0.25) is 9.59 Å². The third kappa shape index (κ3) is 3.62. The quantitative estimate of drug-likeness (QED) is 0.772. The van der Waals surface area contributed by atoms with E-state index < -0.39 is 11.4 Å². The molecule has 0 atom stereocenters. The molecule has 0 aliphatic heterocycles. The Labute approximate surface area is 124 Å². The van der Waals surface area contributed by atoms with Crippen LogP contribution in [0.25, 0.3) is 0 Å². The molecule has 1 aliphatic rings. The van der Waals surface area contributed by atoms with Gasteiger partial charge < -0.3 is 15.4 Å². The minimum Gasteiger partial charge on any atom is -0.481 e. The topological polar surface area (TPSA) is 95.1 Å². The molecule has 6 heteroatoms. The van der Waals surface area contributed by atoms with Crippen molar-refractivity contribution in [2.75, 3.05) is 11.9 Å². The van der Waals surface area contributed by atoms with Crippen molar-refractivity contribution in [1.82, 2.24) is 9.97 Å². The molecule has 1 fully saturated rings. The minimum atomic E-state index is -0.762.